The van der Waals surface area contributed by atoms with Crippen LogP contribution in [0.3, 0.4) is 0 Å². The Morgan fingerprint density at radius 3 is 2.78 bits per heavy atom. The molecule has 1 saturated carbocycles. The Kier molecular flexibility index (Phi) is 9.67. The van der Waals surface area contributed by atoms with Gasteiger partial charge >= 0.3 is 5.97 Å². The Balaban J connectivity index is 1.78. The van der Waals surface area contributed by atoms with Crippen molar-refractivity contribution in [3.8, 4) is 0 Å². The molecule has 156 valence electrons. The summed E-state index contributed by atoms with van der Waals surface area (Å²) in [5.74, 6) is 0.850. The molecule has 0 amide bonds. The van der Waals surface area contributed by atoms with Crippen LogP contribution in [0.5, 0.6) is 0 Å². The Hall–Kier alpha value is -0.520. The number of aliphatic hydroxyl groups excluding tert-OH is 2. The Morgan fingerprint density at radius 2 is 2.07 bits per heavy atom. The fourth-order valence-electron chi connectivity index (χ4n) is 4.50. The molecule has 0 bridgehead atoms. The van der Waals surface area contributed by atoms with Gasteiger partial charge in [-0.15, -0.1) is 0 Å². The van der Waals surface area contributed by atoms with Crippen LogP contribution in [0.1, 0.15) is 71.6 Å². The first kappa shape index (κ1) is 22.8. The highest BCUT2D eigenvalue weighted by Crippen LogP contribution is 2.52. The lowest BCUT2D eigenvalue weighted by atomic mass is 9.88. The van der Waals surface area contributed by atoms with Crippen molar-refractivity contribution in [1.82, 2.24) is 0 Å². The average Bonchev–Trinajstić information content (AvgIpc) is 3.17. The van der Waals surface area contributed by atoms with Crippen LogP contribution in [0, 0.1) is 17.8 Å². The third kappa shape index (κ3) is 6.79. The summed E-state index contributed by atoms with van der Waals surface area (Å²) >= 11 is 2.03. The van der Waals surface area contributed by atoms with E-state index in [1.807, 2.05) is 17.8 Å². The molecule has 0 aromatic carbocycles. The van der Waals surface area contributed by atoms with Crippen LogP contribution in [-0.2, 0) is 9.53 Å². The minimum atomic E-state index is -0.411. The first-order valence-corrected chi connectivity index (χ1v) is 11.7. The molecule has 7 atom stereocenters. The van der Waals surface area contributed by atoms with Gasteiger partial charge in [-0.2, -0.15) is 11.8 Å². The monoisotopic (exact) mass is 398 g/mol. The lowest BCUT2D eigenvalue weighted by Crippen LogP contribution is -2.20. The van der Waals surface area contributed by atoms with Crippen LogP contribution in [0.25, 0.3) is 0 Å². The molecule has 27 heavy (non-hydrogen) atoms. The summed E-state index contributed by atoms with van der Waals surface area (Å²) in [7, 11) is 1.44. The summed E-state index contributed by atoms with van der Waals surface area (Å²) in [6.07, 6.45) is 12.3. The van der Waals surface area contributed by atoms with Crippen molar-refractivity contribution in [3.63, 3.8) is 0 Å². The van der Waals surface area contributed by atoms with Crippen LogP contribution in [-0.4, -0.2) is 46.0 Å². The van der Waals surface area contributed by atoms with E-state index in [2.05, 4.69) is 19.9 Å². The molecule has 4 nitrogen and oxygen atoms in total. The van der Waals surface area contributed by atoms with E-state index < -0.39 is 6.10 Å². The van der Waals surface area contributed by atoms with Gasteiger partial charge in [0.2, 0.25) is 0 Å². The van der Waals surface area contributed by atoms with Crippen molar-refractivity contribution in [3.05, 3.63) is 12.2 Å². The second kappa shape index (κ2) is 11.5. The maximum absolute atomic E-state index is 11.2. The molecule has 2 fully saturated rings. The van der Waals surface area contributed by atoms with Gasteiger partial charge in [-0.25, -0.2) is 0 Å². The number of ether oxygens (including phenoxy) is 1. The molecule has 5 heteroatoms. The summed E-state index contributed by atoms with van der Waals surface area (Å²) in [5, 5.41) is 22.0. The van der Waals surface area contributed by atoms with Gasteiger partial charge in [0.05, 0.1) is 19.3 Å². The number of rotatable bonds is 11. The standard InChI is InChI=1S/C22H38O4S/c1-4-5-8-15(2)19(23)12-11-17-18-13-16(27-21(18)14-20(17)24)9-6-7-10-22(25)26-3/h11-12,15-21,23-24H,4-10,13-14H2,1-3H3/t15-,16?,17+,18+,19+,20+,21+/m0/s1. The molecule has 0 spiro atoms. The fraction of sp³-hybridized carbons (Fsp3) is 0.864. The second-order valence-corrected chi connectivity index (χ2v) is 9.94. The van der Waals surface area contributed by atoms with E-state index in [1.54, 1.807) is 0 Å². The van der Waals surface area contributed by atoms with Gasteiger partial charge in [0.1, 0.15) is 0 Å². The average molecular weight is 399 g/mol. The van der Waals surface area contributed by atoms with Crippen LogP contribution in [0.2, 0.25) is 0 Å². The molecule has 0 aromatic heterocycles. The van der Waals surface area contributed by atoms with Gasteiger partial charge in [-0.3, -0.25) is 4.79 Å². The Morgan fingerprint density at radius 1 is 1.30 bits per heavy atom. The highest BCUT2D eigenvalue weighted by atomic mass is 32.2. The van der Waals surface area contributed by atoms with Gasteiger partial charge < -0.3 is 14.9 Å². The molecule has 2 aliphatic rings. The third-order valence-corrected chi connectivity index (χ3v) is 8.01. The zero-order valence-electron chi connectivity index (χ0n) is 17.2. The number of aliphatic hydroxyl groups is 2. The zero-order chi connectivity index (χ0) is 19.8. The van der Waals surface area contributed by atoms with Crippen molar-refractivity contribution in [2.45, 2.75) is 94.3 Å². The molecule has 1 aliphatic carbocycles. The predicted octanol–water partition coefficient (Wildman–Crippen LogP) is 4.33. The molecular weight excluding hydrogens is 360 g/mol. The molecule has 2 rings (SSSR count). The highest BCUT2D eigenvalue weighted by molar-refractivity contribution is 8.00. The van der Waals surface area contributed by atoms with Crippen LogP contribution >= 0.6 is 11.8 Å². The molecule has 1 aliphatic heterocycles. The van der Waals surface area contributed by atoms with Crippen LogP contribution < -0.4 is 0 Å². The summed E-state index contributed by atoms with van der Waals surface area (Å²) in [6, 6.07) is 0. The van der Waals surface area contributed by atoms with E-state index in [9.17, 15) is 15.0 Å². The van der Waals surface area contributed by atoms with Crippen molar-refractivity contribution in [2.24, 2.45) is 17.8 Å². The first-order valence-electron chi connectivity index (χ1n) is 10.7. The third-order valence-electron chi connectivity index (χ3n) is 6.30. The van der Waals surface area contributed by atoms with Gasteiger partial charge in [0.15, 0.2) is 0 Å². The number of thioether (sulfide) groups is 1. The van der Waals surface area contributed by atoms with Crippen LogP contribution in [0.15, 0.2) is 12.2 Å². The van der Waals surface area contributed by atoms with Gasteiger partial charge in [0.25, 0.3) is 0 Å². The van der Waals surface area contributed by atoms with Crippen LogP contribution in [0.4, 0.5) is 0 Å². The number of unbranched alkanes of at least 4 members (excludes halogenated alkanes) is 2. The topological polar surface area (TPSA) is 66.8 Å². The smallest absolute Gasteiger partial charge is 0.305 e. The van der Waals surface area contributed by atoms with E-state index in [0.717, 1.165) is 51.4 Å². The SMILES string of the molecule is CCCC[C@H](C)[C@H](O)C=C[C@@H]1[C@H]2CC(CCCCC(=O)OC)S[C@@H]2C[C@H]1O. The molecule has 1 saturated heterocycles. The van der Waals surface area contributed by atoms with E-state index in [0.29, 0.717) is 22.8 Å². The minimum absolute atomic E-state index is 0.119. The summed E-state index contributed by atoms with van der Waals surface area (Å²) in [4.78, 5) is 11.2. The van der Waals surface area contributed by atoms with E-state index >= 15 is 0 Å². The maximum Gasteiger partial charge on any atom is 0.305 e. The first-order chi connectivity index (χ1) is 13.0. The summed E-state index contributed by atoms with van der Waals surface area (Å²) < 4.78 is 4.69. The fourth-order valence-corrected chi connectivity index (χ4v) is 6.44. The lowest BCUT2D eigenvalue weighted by molar-refractivity contribution is -0.140. The molecule has 0 radical (unpaired) electrons. The Labute approximate surface area is 169 Å². The molecule has 1 unspecified atom stereocenters. The van der Waals surface area contributed by atoms with Crippen molar-refractivity contribution in [2.75, 3.05) is 7.11 Å². The van der Waals surface area contributed by atoms with E-state index in [1.165, 1.54) is 7.11 Å². The number of esters is 1. The molecular formula is C22H38O4S. The second-order valence-electron chi connectivity index (χ2n) is 8.39. The van der Waals surface area contributed by atoms with Crippen molar-refractivity contribution < 1.29 is 19.7 Å². The normalized spacial score (nSPS) is 32.6. The number of hydrogen-bond acceptors (Lipinski definition) is 5. The highest BCUT2D eigenvalue weighted by Gasteiger charge is 2.47. The molecule has 2 N–H and O–H groups in total. The molecule has 0 aromatic rings. The van der Waals surface area contributed by atoms with Crippen molar-refractivity contribution >= 4 is 17.7 Å². The lowest BCUT2D eigenvalue weighted by Gasteiger charge is -2.20. The maximum atomic E-state index is 11.2. The predicted molar refractivity (Wildman–Crippen MR) is 112 cm³/mol. The van der Waals surface area contributed by atoms with Gasteiger partial charge in [0, 0.05) is 22.8 Å². The van der Waals surface area contributed by atoms with E-state index in [4.69, 9.17) is 4.74 Å². The number of methoxy groups -OCH3 is 1. The Bertz CT molecular complexity index is 481. The van der Waals surface area contributed by atoms with Gasteiger partial charge in [-0.1, -0.05) is 45.3 Å². The number of carbonyl (C=O) groups excluding carboxylic acids is 1. The van der Waals surface area contributed by atoms with E-state index in [-0.39, 0.29) is 23.9 Å². The summed E-state index contributed by atoms with van der Waals surface area (Å²) in [5.41, 5.74) is 0. The quantitative estimate of drug-likeness (QED) is 0.308. The molecule has 1 heterocycles. The number of hydrogen-bond donors (Lipinski definition) is 2. The van der Waals surface area contributed by atoms with Gasteiger partial charge in [-0.05, 0) is 43.9 Å². The zero-order valence-corrected chi connectivity index (χ0v) is 18.0. The summed E-state index contributed by atoms with van der Waals surface area (Å²) in [6.45, 7) is 4.28. The number of carbonyl (C=O) groups is 1. The minimum Gasteiger partial charge on any atom is -0.469 e. The number of fused-ring (bicyclic) bond motifs is 1. The van der Waals surface area contributed by atoms with Crippen molar-refractivity contribution in [1.29, 1.82) is 0 Å². The largest absolute Gasteiger partial charge is 0.469 e.